The second kappa shape index (κ2) is 8.18. The predicted octanol–water partition coefficient (Wildman–Crippen LogP) is 0.983. The number of amides is 1. The summed E-state index contributed by atoms with van der Waals surface area (Å²) in [5.74, 6) is 0.214. The Morgan fingerprint density at radius 3 is 2.45 bits per heavy atom. The molecular weight excluding hydrogens is 449 g/mol. The molecule has 0 bridgehead atoms. The molecule has 0 radical (unpaired) electrons. The Morgan fingerprint density at radius 1 is 1.06 bits per heavy atom. The van der Waals surface area contributed by atoms with Crippen LogP contribution in [0.5, 0.6) is 0 Å². The molecule has 1 amide bonds. The van der Waals surface area contributed by atoms with Gasteiger partial charge in [-0.15, -0.1) is 10.2 Å². The van der Waals surface area contributed by atoms with Crippen molar-refractivity contribution >= 4 is 34.6 Å². The highest BCUT2D eigenvalue weighted by molar-refractivity contribution is 7.99. The number of nitrogens with zero attached hydrogens (tertiary/aromatic N) is 7. The average molecular weight is 472 g/mol. The average Bonchev–Trinajstić information content (AvgIpc) is 3.54. The van der Waals surface area contributed by atoms with Crippen LogP contribution in [0.15, 0.2) is 39.0 Å². The van der Waals surface area contributed by atoms with Crippen LogP contribution in [0.4, 0.5) is 4.39 Å². The Kier molecular flexibility index (Phi) is 5.31. The SMILES string of the molecule is Cn1c(=O)c2c(n(C)c1=O)n1c(SCC(=O)N3CCCC3)nnc1n2Cc1ccc(F)cc1. The molecule has 1 aromatic carbocycles. The molecule has 4 aromatic rings. The van der Waals surface area contributed by atoms with Gasteiger partial charge in [0.25, 0.3) is 5.56 Å². The molecule has 172 valence electrons. The van der Waals surface area contributed by atoms with Crippen molar-refractivity contribution < 1.29 is 9.18 Å². The summed E-state index contributed by atoms with van der Waals surface area (Å²) in [4.78, 5) is 40.2. The Hall–Kier alpha value is -3.41. The molecular formula is C21H22FN7O3S. The van der Waals surface area contributed by atoms with Crippen LogP contribution in [0.25, 0.3) is 16.9 Å². The van der Waals surface area contributed by atoms with Crippen molar-refractivity contribution in [1.82, 2.24) is 33.2 Å². The summed E-state index contributed by atoms with van der Waals surface area (Å²) in [6, 6.07) is 5.96. The summed E-state index contributed by atoms with van der Waals surface area (Å²) in [5.41, 5.74) is 0.437. The van der Waals surface area contributed by atoms with E-state index in [9.17, 15) is 18.8 Å². The molecule has 3 aromatic heterocycles. The minimum absolute atomic E-state index is 0.0223. The van der Waals surface area contributed by atoms with E-state index < -0.39 is 11.2 Å². The van der Waals surface area contributed by atoms with Crippen molar-refractivity contribution in [3.8, 4) is 0 Å². The zero-order valence-corrected chi connectivity index (χ0v) is 19.0. The number of likely N-dealkylation sites (tertiary alicyclic amines) is 1. The smallest absolute Gasteiger partial charge is 0.332 e. The molecule has 0 unspecified atom stereocenters. The first-order valence-electron chi connectivity index (χ1n) is 10.5. The van der Waals surface area contributed by atoms with Gasteiger partial charge in [-0.05, 0) is 30.5 Å². The Labute approximate surface area is 191 Å². The molecule has 1 saturated heterocycles. The van der Waals surface area contributed by atoms with Gasteiger partial charge in [0.05, 0.1) is 12.3 Å². The van der Waals surface area contributed by atoms with Crippen LogP contribution >= 0.6 is 11.8 Å². The molecule has 1 aliphatic heterocycles. The fraction of sp³-hybridized carbons (Fsp3) is 0.381. The zero-order valence-electron chi connectivity index (χ0n) is 18.2. The Morgan fingerprint density at radius 2 is 1.76 bits per heavy atom. The number of thioether (sulfide) groups is 1. The molecule has 0 aliphatic carbocycles. The number of aromatic nitrogens is 6. The third-order valence-electron chi connectivity index (χ3n) is 5.99. The number of benzene rings is 1. The van der Waals surface area contributed by atoms with E-state index >= 15 is 0 Å². The predicted molar refractivity (Wildman–Crippen MR) is 121 cm³/mol. The number of imidazole rings is 1. The molecule has 1 aliphatic rings. The van der Waals surface area contributed by atoms with Gasteiger partial charge in [-0.1, -0.05) is 23.9 Å². The van der Waals surface area contributed by atoms with Gasteiger partial charge in [0.2, 0.25) is 11.7 Å². The highest BCUT2D eigenvalue weighted by Crippen LogP contribution is 2.25. The summed E-state index contributed by atoms with van der Waals surface area (Å²) in [7, 11) is 3.00. The fourth-order valence-electron chi connectivity index (χ4n) is 4.23. The number of fused-ring (bicyclic) bond motifs is 3. The number of aryl methyl sites for hydroxylation is 1. The number of carbonyl (C=O) groups excluding carboxylic acids is 1. The van der Waals surface area contributed by atoms with E-state index in [1.807, 2.05) is 4.90 Å². The van der Waals surface area contributed by atoms with Crippen molar-refractivity contribution in [2.24, 2.45) is 14.1 Å². The van der Waals surface area contributed by atoms with Gasteiger partial charge in [0.1, 0.15) is 5.82 Å². The monoisotopic (exact) mass is 471 g/mol. The largest absolute Gasteiger partial charge is 0.342 e. The molecule has 12 heteroatoms. The molecule has 4 heterocycles. The quantitative estimate of drug-likeness (QED) is 0.403. The lowest BCUT2D eigenvalue weighted by Gasteiger charge is -2.14. The molecule has 33 heavy (non-hydrogen) atoms. The van der Waals surface area contributed by atoms with Crippen LogP contribution in [0, 0.1) is 5.82 Å². The topological polar surface area (TPSA) is 99.4 Å². The second-order valence-corrected chi connectivity index (χ2v) is 9.03. The van der Waals surface area contributed by atoms with E-state index in [1.54, 1.807) is 28.1 Å². The van der Waals surface area contributed by atoms with E-state index in [-0.39, 0.29) is 29.5 Å². The van der Waals surface area contributed by atoms with Gasteiger partial charge in [-0.2, -0.15) is 0 Å². The summed E-state index contributed by atoms with van der Waals surface area (Å²) in [6.07, 6.45) is 2.02. The Balaban J connectivity index is 1.65. The van der Waals surface area contributed by atoms with Gasteiger partial charge in [0.15, 0.2) is 16.3 Å². The van der Waals surface area contributed by atoms with E-state index in [2.05, 4.69) is 10.2 Å². The van der Waals surface area contributed by atoms with Crippen molar-refractivity contribution in [3.63, 3.8) is 0 Å². The maximum Gasteiger partial charge on any atom is 0.332 e. The first kappa shape index (κ1) is 21.4. The highest BCUT2D eigenvalue weighted by atomic mass is 32.2. The first-order chi connectivity index (χ1) is 15.9. The minimum Gasteiger partial charge on any atom is -0.342 e. The van der Waals surface area contributed by atoms with Crippen LogP contribution in [-0.2, 0) is 25.4 Å². The zero-order chi connectivity index (χ0) is 23.3. The van der Waals surface area contributed by atoms with E-state index in [1.165, 1.54) is 35.5 Å². The number of carbonyl (C=O) groups is 1. The maximum absolute atomic E-state index is 13.4. The summed E-state index contributed by atoms with van der Waals surface area (Å²) in [6.45, 7) is 1.75. The van der Waals surface area contributed by atoms with Crippen LogP contribution < -0.4 is 11.2 Å². The van der Waals surface area contributed by atoms with Crippen molar-refractivity contribution in [2.45, 2.75) is 24.5 Å². The van der Waals surface area contributed by atoms with Crippen molar-refractivity contribution in [3.05, 3.63) is 56.5 Å². The fourth-order valence-corrected chi connectivity index (χ4v) is 5.06. The number of hydrogen-bond donors (Lipinski definition) is 0. The lowest BCUT2D eigenvalue weighted by atomic mass is 10.2. The summed E-state index contributed by atoms with van der Waals surface area (Å²) in [5, 5.41) is 8.94. The molecule has 10 nitrogen and oxygen atoms in total. The molecule has 0 spiro atoms. The standard InChI is InChI=1S/C21H22FN7O3S/c1-25-17-16(18(31)26(2)21(25)32)28(11-13-5-7-14(22)8-6-13)19-23-24-20(29(17)19)33-12-15(30)27-9-3-4-10-27/h5-8H,3-4,9-12H2,1-2H3. The number of rotatable bonds is 5. The molecule has 0 N–H and O–H groups in total. The van der Waals surface area contributed by atoms with E-state index in [4.69, 9.17) is 0 Å². The lowest BCUT2D eigenvalue weighted by molar-refractivity contribution is -0.127. The third kappa shape index (κ3) is 3.54. The van der Waals surface area contributed by atoms with Crippen LogP contribution in [0.2, 0.25) is 0 Å². The number of halogens is 1. The van der Waals surface area contributed by atoms with Gasteiger partial charge < -0.3 is 4.90 Å². The van der Waals surface area contributed by atoms with Crippen molar-refractivity contribution in [2.75, 3.05) is 18.8 Å². The molecule has 0 atom stereocenters. The summed E-state index contributed by atoms with van der Waals surface area (Å²) < 4.78 is 19.1. The Bertz CT molecular complexity index is 1490. The maximum atomic E-state index is 13.4. The van der Waals surface area contributed by atoms with Crippen molar-refractivity contribution in [1.29, 1.82) is 0 Å². The van der Waals surface area contributed by atoms with Crippen LogP contribution in [-0.4, -0.2) is 57.9 Å². The van der Waals surface area contributed by atoms with E-state index in [0.29, 0.717) is 16.6 Å². The third-order valence-corrected chi connectivity index (χ3v) is 6.90. The summed E-state index contributed by atoms with van der Waals surface area (Å²) >= 11 is 1.22. The molecule has 1 fully saturated rings. The van der Waals surface area contributed by atoms with E-state index in [0.717, 1.165) is 36.1 Å². The van der Waals surface area contributed by atoms with Crippen LogP contribution in [0.1, 0.15) is 18.4 Å². The minimum atomic E-state index is -0.480. The molecule has 0 saturated carbocycles. The lowest BCUT2D eigenvalue weighted by Crippen LogP contribution is -2.37. The van der Waals surface area contributed by atoms with Gasteiger partial charge in [-0.3, -0.25) is 23.3 Å². The van der Waals surface area contributed by atoms with Gasteiger partial charge in [0, 0.05) is 27.2 Å². The number of hydrogen-bond acceptors (Lipinski definition) is 6. The first-order valence-corrected chi connectivity index (χ1v) is 11.5. The molecule has 5 rings (SSSR count). The second-order valence-electron chi connectivity index (χ2n) is 8.09. The normalized spacial score (nSPS) is 14.1. The van der Waals surface area contributed by atoms with Gasteiger partial charge >= 0.3 is 5.69 Å². The van der Waals surface area contributed by atoms with Crippen LogP contribution in [0.3, 0.4) is 0 Å². The highest BCUT2D eigenvalue weighted by Gasteiger charge is 2.25. The van der Waals surface area contributed by atoms with Gasteiger partial charge in [-0.25, -0.2) is 13.6 Å².